The SMILES string of the molecule is CC(C)S(=O)(=O)CCCN(CC(=O)O)c1ccccc1. The minimum atomic E-state index is -3.08. The van der Waals surface area contributed by atoms with Crippen LogP contribution >= 0.6 is 0 Å². The summed E-state index contributed by atoms with van der Waals surface area (Å²) in [7, 11) is -3.08. The summed E-state index contributed by atoms with van der Waals surface area (Å²) in [6.45, 7) is 3.58. The smallest absolute Gasteiger partial charge is 0.323 e. The highest BCUT2D eigenvalue weighted by Crippen LogP contribution is 2.14. The van der Waals surface area contributed by atoms with E-state index in [0.29, 0.717) is 13.0 Å². The summed E-state index contributed by atoms with van der Waals surface area (Å²) >= 11 is 0. The molecule has 0 saturated carbocycles. The molecule has 0 aromatic heterocycles. The van der Waals surface area contributed by atoms with E-state index in [1.807, 2.05) is 30.3 Å². The van der Waals surface area contributed by atoms with E-state index in [1.165, 1.54) is 0 Å². The van der Waals surface area contributed by atoms with Crippen molar-refractivity contribution in [2.24, 2.45) is 0 Å². The molecule has 5 nitrogen and oxygen atoms in total. The van der Waals surface area contributed by atoms with E-state index in [4.69, 9.17) is 5.11 Å². The number of carboxylic acids is 1. The van der Waals surface area contributed by atoms with Crippen LogP contribution in [0.2, 0.25) is 0 Å². The standard InChI is InChI=1S/C14H21NO4S/c1-12(2)20(18,19)10-6-9-15(11-14(16)17)13-7-4-3-5-8-13/h3-5,7-8,12H,6,9-11H2,1-2H3,(H,16,17). The summed E-state index contributed by atoms with van der Waals surface area (Å²) in [5.41, 5.74) is 0.789. The van der Waals surface area contributed by atoms with Crippen molar-refractivity contribution in [3.8, 4) is 0 Å². The fraction of sp³-hybridized carbons (Fsp3) is 0.500. The fourth-order valence-electron chi connectivity index (χ4n) is 1.79. The van der Waals surface area contributed by atoms with Gasteiger partial charge in [0.1, 0.15) is 6.54 Å². The second kappa shape index (κ2) is 7.28. The number of carbonyl (C=O) groups is 1. The fourth-order valence-corrected chi connectivity index (χ4v) is 2.80. The summed E-state index contributed by atoms with van der Waals surface area (Å²) in [6.07, 6.45) is 0.419. The molecule has 0 aliphatic heterocycles. The summed E-state index contributed by atoms with van der Waals surface area (Å²) in [6, 6.07) is 9.15. The van der Waals surface area contributed by atoms with Gasteiger partial charge < -0.3 is 10.0 Å². The quantitative estimate of drug-likeness (QED) is 0.792. The van der Waals surface area contributed by atoms with Crippen molar-refractivity contribution in [3.05, 3.63) is 30.3 Å². The van der Waals surface area contributed by atoms with E-state index in [9.17, 15) is 13.2 Å². The Morgan fingerprint density at radius 3 is 2.35 bits per heavy atom. The Kier molecular flexibility index (Phi) is 6.01. The van der Waals surface area contributed by atoms with Crippen molar-refractivity contribution < 1.29 is 18.3 Å². The number of rotatable bonds is 8. The molecule has 0 spiro atoms. The third-order valence-corrected chi connectivity index (χ3v) is 5.32. The highest BCUT2D eigenvalue weighted by Gasteiger charge is 2.17. The maximum Gasteiger partial charge on any atom is 0.323 e. The van der Waals surface area contributed by atoms with Crippen LogP contribution in [0.15, 0.2) is 30.3 Å². The van der Waals surface area contributed by atoms with Gasteiger partial charge in [-0.05, 0) is 32.4 Å². The molecule has 0 saturated heterocycles. The normalized spacial score (nSPS) is 11.6. The van der Waals surface area contributed by atoms with Gasteiger partial charge in [-0.3, -0.25) is 4.79 Å². The Bertz CT molecular complexity index is 525. The molecule has 0 fully saturated rings. The first-order valence-corrected chi connectivity index (χ1v) is 8.28. The largest absolute Gasteiger partial charge is 0.480 e. The molecule has 0 radical (unpaired) electrons. The highest BCUT2D eigenvalue weighted by molar-refractivity contribution is 7.91. The van der Waals surface area contributed by atoms with Gasteiger partial charge in [-0.1, -0.05) is 18.2 Å². The first-order chi connectivity index (χ1) is 9.33. The summed E-state index contributed by atoms with van der Waals surface area (Å²) < 4.78 is 23.5. The molecule has 6 heteroatoms. The highest BCUT2D eigenvalue weighted by atomic mass is 32.2. The molecular formula is C14H21NO4S. The lowest BCUT2D eigenvalue weighted by Gasteiger charge is -2.23. The number of benzene rings is 1. The Morgan fingerprint density at radius 2 is 1.85 bits per heavy atom. The van der Waals surface area contributed by atoms with Crippen LogP contribution in [-0.4, -0.2) is 43.6 Å². The number of sulfone groups is 1. The van der Waals surface area contributed by atoms with Crippen molar-refractivity contribution in [3.63, 3.8) is 0 Å². The second-order valence-corrected chi connectivity index (χ2v) is 7.60. The topological polar surface area (TPSA) is 74.7 Å². The molecule has 0 bridgehead atoms. The van der Waals surface area contributed by atoms with Crippen LogP contribution in [0.5, 0.6) is 0 Å². The third-order valence-electron chi connectivity index (χ3n) is 3.02. The molecular weight excluding hydrogens is 278 g/mol. The molecule has 1 aromatic rings. The van der Waals surface area contributed by atoms with Crippen LogP contribution in [-0.2, 0) is 14.6 Å². The molecule has 1 rings (SSSR count). The van der Waals surface area contributed by atoms with Crippen LogP contribution in [0.1, 0.15) is 20.3 Å². The minimum absolute atomic E-state index is 0.0770. The first-order valence-electron chi connectivity index (χ1n) is 6.56. The van der Waals surface area contributed by atoms with Gasteiger partial charge in [0.15, 0.2) is 9.84 Å². The number of carboxylic acid groups (broad SMARTS) is 1. The van der Waals surface area contributed by atoms with Gasteiger partial charge >= 0.3 is 5.97 Å². The second-order valence-electron chi connectivity index (χ2n) is 4.92. The zero-order chi connectivity index (χ0) is 15.2. The lowest BCUT2D eigenvalue weighted by molar-refractivity contribution is -0.135. The van der Waals surface area contributed by atoms with E-state index < -0.39 is 21.1 Å². The van der Waals surface area contributed by atoms with E-state index in [1.54, 1.807) is 18.7 Å². The number of anilines is 1. The molecule has 0 heterocycles. The zero-order valence-corrected chi connectivity index (χ0v) is 12.6. The van der Waals surface area contributed by atoms with Crippen LogP contribution < -0.4 is 4.90 Å². The van der Waals surface area contributed by atoms with Gasteiger partial charge in [-0.15, -0.1) is 0 Å². The molecule has 20 heavy (non-hydrogen) atoms. The van der Waals surface area contributed by atoms with Crippen molar-refractivity contribution in [1.29, 1.82) is 0 Å². The number of para-hydroxylation sites is 1. The Morgan fingerprint density at radius 1 is 1.25 bits per heavy atom. The van der Waals surface area contributed by atoms with Crippen molar-refractivity contribution in [2.45, 2.75) is 25.5 Å². The third kappa shape index (κ3) is 5.21. The van der Waals surface area contributed by atoms with Gasteiger partial charge in [-0.25, -0.2) is 8.42 Å². The van der Waals surface area contributed by atoms with Gasteiger partial charge in [0.2, 0.25) is 0 Å². The molecule has 112 valence electrons. The number of hydrogen-bond acceptors (Lipinski definition) is 4. The van der Waals surface area contributed by atoms with Gasteiger partial charge in [-0.2, -0.15) is 0 Å². The maximum absolute atomic E-state index is 11.7. The van der Waals surface area contributed by atoms with Crippen molar-refractivity contribution in [2.75, 3.05) is 23.7 Å². The molecule has 0 atom stereocenters. The zero-order valence-electron chi connectivity index (χ0n) is 11.8. The average Bonchev–Trinajstić information content (AvgIpc) is 2.38. The number of hydrogen-bond donors (Lipinski definition) is 1. The van der Waals surface area contributed by atoms with E-state index in [2.05, 4.69) is 0 Å². The van der Waals surface area contributed by atoms with Crippen LogP contribution in [0.25, 0.3) is 0 Å². The monoisotopic (exact) mass is 299 g/mol. The molecule has 1 N–H and O–H groups in total. The average molecular weight is 299 g/mol. The van der Waals surface area contributed by atoms with E-state index in [-0.39, 0.29) is 12.3 Å². The molecule has 0 amide bonds. The van der Waals surface area contributed by atoms with E-state index in [0.717, 1.165) is 5.69 Å². The van der Waals surface area contributed by atoms with Gasteiger partial charge in [0, 0.05) is 12.2 Å². The first kappa shape index (κ1) is 16.5. The predicted octanol–water partition coefficient (Wildman–Crippen LogP) is 1.79. The molecule has 1 aromatic carbocycles. The van der Waals surface area contributed by atoms with Crippen molar-refractivity contribution >= 4 is 21.5 Å². The molecule has 0 unspecified atom stereocenters. The van der Waals surface area contributed by atoms with Crippen LogP contribution in [0.3, 0.4) is 0 Å². The summed E-state index contributed by atoms with van der Waals surface area (Å²) in [4.78, 5) is 12.6. The van der Waals surface area contributed by atoms with Crippen LogP contribution in [0.4, 0.5) is 5.69 Å². The maximum atomic E-state index is 11.7. The van der Waals surface area contributed by atoms with E-state index >= 15 is 0 Å². The molecule has 0 aliphatic rings. The Labute approximate surface area is 120 Å². The Hall–Kier alpha value is -1.56. The minimum Gasteiger partial charge on any atom is -0.480 e. The lowest BCUT2D eigenvalue weighted by Crippen LogP contribution is -2.32. The summed E-state index contributed by atoms with van der Waals surface area (Å²) in [5.74, 6) is -0.853. The van der Waals surface area contributed by atoms with Crippen LogP contribution in [0, 0.1) is 0 Å². The van der Waals surface area contributed by atoms with Crippen molar-refractivity contribution in [1.82, 2.24) is 0 Å². The number of aliphatic carboxylic acids is 1. The summed E-state index contributed by atoms with van der Waals surface area (Å²) in [5, 5.41) is 8.54. The van der Waals surface area contributed by atoms with Gasteiger partial charge in [0.25, 0.3) is 0 Å². The molecule has 0 aliphatic carbocycles. The lowest BCUT2D eigenvalue weighted by atomic mass is 10.2. The predicted molar refractivity (Wildman–Crippen MR) is 79.8 cm³/mol. The Balaban J connectivity index is 2.66. The van der Waals surface area contributed by atoms with Gasteiger partial charge in [0.05, 0.1) is 11.0 Å². The number of nitrogens with zero attached hydrogens (tertiary/aromatic N) is 1.